The van der Waals surface area contributed by atoms with Gasteiger partial charge >= 0.3 is 5.97 Å². The molecule has 2 aromatic rings. The molecule has 2 aromatic carbocycles. The molecule has 0 bridgehead atoms. The summed E-state index contributed by atoms with van der Waals surface area (Å²) in [7, 11) is 1.60. The lowest BCUT2D eigenvalue weighted by molar-refractivity contribution is 0.0502. The molecule has 29 heavy (non-hydrogen) atoms. The molecule has 3 heteroatoms. The highest BCUT2D eigenvalue weighted by Gasteiger charge is 2.11. The molecule has 0 aliphatic heterocycles. The first kappa shape index (κ1) is 22.5. The highest BCUT2D eigenvalue weighted by molar-refractivity contribution is 5.89. The second kappa shape index (κ2) is 10.7. The number of hydrogen-bond acceptors (Lipinski definition) is 3. The van der Waals surface area contributed by atoms with Crippen molar-refractivity contribution in [2.24, 2.45) is 5.41 Å². The first-order chi connectivity index (χ1) is 13.8. The smallest absolute Gasteiger partial charge is 0.338 e. The van der Waals surface area contributed by atoms with Gasteiger partial charge in [0.1, 0.15) is 5.75 Å². The molecule has 3 nitrogen and oxygen atoms in total. The van der Waals surface area contributed by atoms with Crippen LogP contribution in [0.1, 0.15) is 62.9 Å². The van der Waals surface area contributed by atoms with Crippen molar-refractivity contribution in [1.82, 2.24) is 0 Å². The summed E-state index contributed by atoms with van der Waals surface area (Å²) in [5.41, 5.74) is 7.93. The first-order valence-electron chi connectivity index (χ1n) is 10.1. The Hall–Kier alpha value is -2.77. The fourth-order valence-corrected chi connectivity index (χ4v) is 3.24. The van der Waals surface area contributed by atoms with Crippen molar-refractivity contribution in [3.05, 3.63) is 77.0 Å². The van der Waals surface area contributed by atoms with Crippen LogP contribution in [0.2, 0.25) is 0 Å². The Labute approximate surface area is 175 Å². The van der Waals surface area contributed by atoms with Gasteiger partial charge in [-0.25, -0.2) is 4.79 Å². The van der Waals surface area contributed by atoms with E-state index in [4.69, 9.17) is 9.47 Å². The summed E-state index contributed by atoms with van der Waals surface area (Å²) in [6, 6.07) is 17.3. The first-order valence-corrected chi connectivity index (χ1v) is 10.1. The van der Waals surface area contributed by atoms with Crippen molar-refractivity contribution in [2.45, 2.75) is 47.0 Å². The number of ether oxygens (including phenoxy) is 2. The van der Waals surface area contributed by atoms with Crippen LogP contribution in [0.25, 0.3) is 5.57 Å². The summed E-state index contributed by atoms with van der Waals surface area (Å²) in [6.07, 6.45) is 2.55. The van der Waals surface area contributed by atoms with Gasteiger partial charge in [-0.05, 0) is 67.0 Å². The zero-order chi connectivity index (χ0) is 21.3. The number of hydrogen-bond donors (Lipinski definition) is 0. The van der Waals surface area contributed by atoms with Crippen LogP contribution in [0.15, 0.2) is 65.9 Å². The van der Waals surface area contributed by atoms with Crippen LogP contribution in [-0.2, 0) is 4.74 Å². The van der Waals surface area contributed by atoms with Gasteiger partial charge in [-0.15, -0.1) is 5.73 Å². The number of carbonyl (C=O) groups excluding carboxylic acids is 1. The molecular weight excluding hydrogens is 360 g/mol. The minimum atomic E-state index is -0.308. The van der Waals surface area contributed by atoms with E-state index in [2.05, 4.69) is 45.6 Å². The van der Waals surface area contributed by atoms with Gasteiger partial charge in [-0.2, -0.15) is 0 Å². The van der Waals surface area contributed by atoms with E-state index in [9.17, 15) is 4.79 Å². The monoisotopic (exact) mass is 392 g/mol. The van der Waals surface area contributed by atoms with Crippen LogP contribution in [0.3, 0.4) is 0 Å². The Morgan fingerprint density at radius 2 is 1.62 bits per heavy atom. The minimum absolute atomic E-state index is 0.229. The number of esters is 1. The lowest BCUT2D eigenvalue weighted by atomic mass is 9.88. The number of methoxy groups -OCH3 is 1. The van der Waals surface area contributed by atoms with Crippen molar-refractivity contribution in [3.63, 3.8) is 0 Å². The average Bonchev–Trinajstić information content (AvgIpc) is 2.69. The van der Waals surface area contributed by atoms with Gasteiger partial charge in [0.2, 0.25) is 0 Å². The molecule has 0 saturated heterocycles. The van der Waals surface area contributed by atoms with Gasteiger partial charge in [0.05, 0.1) is 19.3 Å². The molecule has 0 aromatic heterocycles. The molecule has 0 aliphatic rings. The van der Waals surface area contributed by atoms with E-state index in [0.717, 1.165) is 30.6 Å². The van der Waals surface area contributed by atoms with E-state index in [-0.39, 0.29) is 11.4 Å². The van der Waals surface area contributed by atoms with E-state index in [1.807, 2.05) is 18.2 Å². The molecule has 0 N–H and O–H groups in total. The van der Waals surface area contributed by atoms with Crippen molar-refractivity contribution < 1.29 is 14.3 Å². The summed E-state index contributed by atoms with van der Waals surface area (Å²) >= 11 is 0. The zero-order valence-corrected chi connectivity index (χ0v) is 18.2. The summed E-state index contributed by atoms with van der Waals surface area (Å²) in [5, 5.41) is 0. The molecule has 0 atom stereocenters. The van der Waals surface area contributed by atoms with Crippen LogP contribution in [0.4, 0.5) is 0 Å². The van der Waals surface area contributed by atoms with Crippen molar-refractivity contribution in [3.8, 4) is 5.75 Å². The molecule has 0 aliphatic carbocycles. The molecule has 0 unspecified atom stereocenters. The fourth-order valence-electron chi connectivity index (χ4n) is 3.24. The Morgan fingerprint density at radius 3 is 2.21 bits per heavy atom. The Balaban J connectivity index is 2.01. The summed E-state index contributed by atoms with van der Waals surface area (Å²) in [6.45, 7) is 9.22. The lowest BCUT2D eigenvalue weighted by Gasteiger charge is -2.17. The normalized spacial score (nSPS) is 10.8. The molecule has 0 amide bonds. The number of allylic oxidation sites excluding steroid dienone is 1. The number of rotatable bonds is 8. The number of carbonyl (C=O) groups is 1. The molecular formula is C26H32O3. The maximum absolute atomic E-state index is 12.2. The third-order valence-electron chi connectivity index (χ3n) is 4.41. The maximum atomic E-state index is 12.2. The average molecular weight is 393 g/mol. The second-order valence-corrected chi connectivity index (χ2v) is 8.46. The van der Waals surface area contributed by atoms with Crippen LogP contribution in [-0.4, -0.2) is 19.7 Å². The zero-order valence-electron chi connectivity index (χ0n) is 18.2. The quantitative estimate of drug-likeness (QED) is 0.285. The fraction of sp³-hybridized carbons (Fsp3) is 0.385. The lowest BCUT2D eigenvalue weighted by Crippen LogP contribution is -2.06. The van der Waals surface area contributed by atoms with Gasteiger partial charge < -0.3 is 9.47 Å². The molecule has 0 heterocycles. The van der Waals surface area contributed by atoms with E-state index in [1.165, 1.54) is 11.1 Å². The Bertz CT molecular complexity index is 849. The van der Waals surface area contributed by atoms with Crippen LogP contribution < -0.4 is 4.74 Å². The number of benzene rings is 2. The summed E-state index contributed by atoms with van der Waals surface area (Å²) in [4.78, 5) is 12.2. The predicted octanol–water partition coefficient (Wildman–Crippen LogP) is 6.70. The van der Waals surface area contributed by atoms with Gasteiger partial charge in [0.15, 0.2) is 0 Å². The van der Waals surface area contributed by atoms with Gasteiger partial charge in [-0.3, -0.25) is 0 Å². The van der Waals surface area contributed by atoms with Crippen molar-refractivity contribution >= 4 is 11.5 Å². The standard InChI is InChI=1S/C26H32O3/c1-20(19-26(2,3)4)18-23(21-10-7-6-8-11-21)12-9-17-29-25(27)22-13-15-24(28-5)16-14-22/h6-8,10-11,13-16H,9,12,17,19H2,1-5H3. The summed E-state index contributed by atoms with van der Waals surface area (Å²) in [5.74, 6) is 0.411. The van der Waals surface area contributed by atoms with Gasteiger partial charge in [0, 0.05) is 5.57 Å². The second-order valence-electron chi connectivity index (χ2n) is 8.46. The van der Waals surface area contributed by atoms with E-state index in [0.29, 0.717) is 12.2 Å². The van der Waals surface area contributed by atoms with Crippen LogP contribution >= 0.6 is 0 Å². The SMILES string of the molecule is COc1ccc(C(=O)OCCCC(=C=C(C)CC(C)(C)C)c2ccccc2)cc1. The predicted molar refractivity (Wildman–Crippen MR) is 119 cm³/mol. The van der Waals surface area contributed by atoms with Gasteiger partial charge in [-0.1, -0.05) is 51.1 Å². The van der Waals surface area contributed by atoms with E-state index >= 15 is 0 Å². The maximum Gasteiger partial charge on any atom is 0.338 e. The largest absolute Gasteiger partial charge is 0.497 e. The van der Waals surface area contributed by atoms with E-state index < -0.39 is 0 Å². The van der Waals surface area contributed by atoms with E-state index in [1.54, 1.807) is 31.4 Å². The van der Waals surface area contributed by atoms with Crippen LogP contribution in [0, 0.1) is 5.41 Å². The third-order valence-corrected chi connectivity index (χ3v) is 4.41. The molecule has 2 rings (SSSR count). The van der Waals surface area contributed by atoms with Crippen molar-refractivity contribution in [1.29, 1.82) is 0 Å². The molecule has 0 spiro atoms. The molecule has 0 saturated carbocycles. The highest BCUT2D eigenvalue weighted by Crippen LogP contribution is 2.25. The minimum Gasteiger partial charge on any atom is -0.497 e. The highest BCUT2D eigenvalue weighted by atomic mass is 16.5. The molecule has 154 valence electrons. The molecule has 0 fully saturated rings. The van der Waals surface area contributed by atoms with Gasteiger partial charge in [0.25, 0.3) is 0 Å². The summed E-state index contributed by atoms with van der Waals surface area (Å²) < 4.78 is 10.6. The van der Waals surface area contributed by atoms with Crippen LogP contribution in [0.5, 0.6) is 5.75 Å². The third kappa shape index (κ3) is 8.01. The topological polar surface area (TPSA) is 35.5 Å². The Kier molecular flexibility index (Phi) is 8.30. The molecule has 0 radical (unpaired) electrons. The Morgan fingerprint density at radius 1 is 0.966 bits per heavy atom. The van der Waals surface area contributed by atoms with Crippen molar-refractivity contribution in [2.75, 3.05) is 13.7 Å².